The highest BCUT2D eigenvalue weighted by Crippen LogP contribution is 2.27. The molecule has 0 saturated heterocycles. The van der Waals surface area contributed by atoms with E-state index in [1.165, 1.54) is 24.3 Å². The summed E-state index contributed by atoms with van der Waals surface area (Å²) in [7, 11) is 0. The van der Waals surface area contributed by atoms with E-state index in [2.05, 4.69) is 0 Å². The van der Waals surface area contributed by atoms with Crippen LogP contribution in [-0.4, -0.2) is 46.0 Å². The smallest absolute Gasteiger partial charge is 0.216 e. The molecular formula is C23H20ClFNO3+. The van der Waals surface area contributed by atoms with Crippen molar-refractivity contribution in [1.29, 1.82) is 0 Å². The maximum atomic E-state index is 14.2. The van der Waals surface area contributed by atoms with Gasteiger partial charge in [-0.3, -0.25) is 4.79 Å². The minimum atomic E-state index is -1.04. The Balaban J connectivity index is 2.15. The van der Waals surface area contributed by atoms with Crippen molar-refractivity contribution in [3.05, 3.63) is 100 Å². The third-order valence-electron chi connectivity index (χ3n) is 4.35. The number of carbonyl (C=O) groups is 1. The zero-order valence-corrected chi connectivity index (χ0v) is 16.3. The SMILES string of the molecule is O=C(c1ccccc1F)c1cc(Cl)ccc1[N+](=Cc1ccccc1)CC(O)CO. The highest BCUT2D eigenvalue weighted by Gasteiger charge is 2.25. The molecular weight excluding hydrogens is 393 g/mol. The van der Waals surface area contributed by atoms with Crippen molar-refractivity contribution in [2.24, 2.45) is 0 Å². The van der Waals surface area contributed by atoms with Gasteiger partial charge in [0.25, 0.3) is 0 Å². The van der Waals surface area contributed by atoms with Crippen LogP contribution >= 0.6 is 11.6 Å². The summed E-state index contributed by atoms with van der Waals surface area (Å²) < 4.78 is 15.9. The van der Waals surface area contributed by atoms with Crippen molar-refractivity contribution >= 4 is 29.3 Å². The third-order valence-corrected chi connectivity index (χ3v) is 4.59. The van der Waals surface area contributed by atoms with Crippen molar-refractivity contribution in [3.8, 4) is 0 Å². The summed E-state index contributed by atoms with van der Waals surface area (Å²) in [6.07, 6.45) is 0.710. The Bertz CT molecular complexity index is 1040. The minimum Gasteiger partial charge on any atom is -0.393 e. The van der Waals surface area contributed by atoms with Crippen LogP contribution in [0.3, 0.4) is 0 Å². The summed E-state index contributed by atoms with van der Waals surface area (Å²) in [6, 6.07) is 19.8. The molecule has 3 aromatic carbocycles. The predicted octanol–water partition coefficient (Wildman–Crippen LogP) is 3.83. The van der Waals surface area contributed by atoms with E-state index in [0.29, 0.717) is 10.7 Å². The number of hydrogen-bond donors (Lipinski definition) is 2. The van der Waals surface area contributed by atoms with Crippen molar-refractivity contribution in [3.63, 3.8) is 0 Å². The van der Waals surface area contributed by atoms with Gasteiger partial charge in [0.1, 0.15) is 11.9 Å². The zero-order valence-electron chi connectivity index (χ0n) is 15.5. The van der Waals surface area contributed by atoms with Crippen LogP contribution in [0.1, 0.15) is 21.5 Å². The lowest BCUT2D eigenvalue weighted by molar-refractivity contribution is -0.448. The summed E-state index contributed by atoms with van der Waals surface area (Å²) in [4.78, 5) is 13.1. The molecule has 29 heavy (non-hydrogen) atoms. The molecule has 4 nitrogen and oxygen atoms in total. The molecule has 1 unspecified atom stereocenters. The van der Waals surface area contributed by atoms with Crippen molar-refractivity contribution in [2.75, 3.05) is 13.2 Å². The molecule has 6 heteroatoms. The number of aliphatic hydroxyl groups excluding tert-OH is 2. The Morgan fingerprint density at radius 2 is 1.72 bits per heavy atom. The number of rotatable bonds is 7. The Hall–Kier alpha value is -2.86. The summed E-state index contributed by atoms with van der Waals surface area (Å²) in [5.74, 6) is -1.15. The Morgan fingerprint density at radius 3 is 2.41 bits per heavy atom. The molecule has 148 valence electrons. The van der Waals surface area contributed by atoms with E-state index in [1.807, 2.05) is 30.3 Å². The van der Waals surface area contributed by atoms with Crippen LogP contribution in [0.2, 0.25) is 5.02 Å². The van der Waals surface area contributed by atoms with Crippen molar-refractivity contribution in [2.45, 2.75) is 6.10 Å². The van der Waals surface area contributed by atoms with Gasteiger partial charge in [-0.15, -0.1) is 0 Å². The summed E-state index contributed by atoms with van der Waals surface area (Å²) in [5, 5.41) is 19.7. The normalized spacial score (nSPS) is 12.6. The molecule has 0 radical (unpaired) electrons. The average molecular weight is 413 g/mol. The Kier molecular flexibility index (Phi) is 6.88. The van der Waals surface area contributed by atoms with Gasteiger partial charge >= 0.3 is 0 Å². The van der Waals surface area contributed by atoms with E-state index >= 15 is 0 Å². The monoisotopic (exact) mass is 412 g/mol. The van der Waals surface area contributed by atoms with Crippen LogP contribution in [0.4, 0.5) is 10.1 Å². The van der Waals surface area contributed by atoms with E-state index in [9.17, 15) is 19.4 Å². The van der Waals surface area contributed by atoms with Gasteiger partial charge in [0.2, 0.25) is 11.5 Å². The lowest BCUT2D eigenvalue weighted by Crippen LogP contribution is -2.27. The lowest BCUT2D eigenvalue weighted by atomic mass is 10.0. The molecule has 0 saturated carbocycles. The fourth-order valence-electron chi connectivity index (χ4n) is 2.96. The number of benzene rings is 3. The quantitative estimate of drug-likeness (QED) is 0.352. The molecule has 0 amide bonds. The number of carbonyl (C=O) groups excluding carboxylic acids is 1. The maximum absolute atomic E-state index is 14.2. The van der Waals surface area contributed by atoms with Crippen LogP contribution in [-0.2, 0) is 0 Å². The topological polar surface area (TPSA) is 60.5 Å². The molecule has 0 heterocycles. The minimum absolute atomic E-state index is 0.0323. The molecule has 3 aromatic rings. The highest BCUT2D eigenvalue weighted by atomic mass is 35.5. The second-order valence-corrected chi connectivity index (χ2v) is 6.94. The molecule has 0 fully saturated rings. The first-order chi connectivity index (χ1) is 14.0. The van der Waals surface area contributed by atoms with E-state index in [-0.39, 0.29) is 17.7 Å². The lowest BCUT2D eigenvalue weighted by Gasteiger charge is -2.11. The van der Waals surface area contributed by atoms with Crippen LogP contribution in [0.15, 0.2) is 72.8 Å². The van der Waals surface area contributed by atoms with Crippen LogP contribution in [0, 0.1) is 5.82 Å². The number of nitrogens with zero attached hydrogens (tertiary/aromatic N) is 1. The fourth-order valence-corrected chi connectivity index (χ4v) is 3.13. The van der Waals surface area contributed by atoms with Gasteiger partial charge < -0.3 is 10.2 Å². The summed E-state index contributed by atoms with van der Waals surface area (Å²) in [5.41, 5.74) is 1.40. The molecule has 0 aliphatic heterocycles. The molecule has 2 N–H and O–H groups in total. The van der Waals surface area contributed by atoms with Gasteiger partial charge in [-0.2, -0.15) is 4.58 Å². The van der Waals surface area contributed by atoms with E-state index in [1.54, 1.807) is 29.0 Å². The van der Waals surface area contributed by atoms with Crippen LogP contribution < -0.4 is 0 Å². The number of aliphatic hydroxyl groups is 2. The van der Waals surface area contributed by atoms with E-state index in [0.717, 1.165) is 5.56 Å². The van der Waals surface area contributed by atoms with Gasteiger partial charge in [-0.05, 0) is 36.4 Å². The predicted molar refractivity (Wildman–Crippen MR) is 111 cm³/mol. The second kappa shape index (κ2) is 9.56. The Morgan fingerprint density at radius 1 is 1.03 bits per heavy atom. The molecule has 0 spiro atoms. The van der Waals surface area contributed by atoms with Gasteiger partial charge in [0.05, 0.1) is 17.7 Å². The van der Waals surface area contributed by atoms with Gasteiger partial charge in [-0.1, -0.05) is 41.9 Å². The Labute approximate surface area is 173 Å². The van der Waals surface area contributed by atoms with Crippen LogP contribution in [0.25, 0.3) is 0 Å². The van der Waals surface area contributed by atoms with Gasteiger partial charge in [0.15, 0.2) is 12.8 Å². The first-order valence-electron chi connectivity index (χ1n) is 9.04. The standard InChI is InChI=1S/C23H20ClFNO3/c24-17-10-11-22(20(12-17)23(29)19-8-4-5-9-21(19)25)26(14-18(28)15-27)13-16-6-2-1-3-7-16/h1-13,18,27-28H,14-15H2/q+1. The van der Waals surface area contributed by atoms with E-state index in [4.69, 9.17) is 11.6 Å². The average Bonchev–Trinajstić information content (AvgIpc) is 2.73. The second-order valence-electron chi connectivity index (χ2n) is 6.50. The van der Waals surface area contributed by atoms with Gasteiger partial charge in [-0.25, -0.2) is 4.39 Å². The highest BCUT2D eigenvalue weighted by molar-refractivity contribution is 6.31. The van der Waals surface area contributed by atoms with E-state index < -0.39 is 24.3 Å². The van der Waals surface area contributed by atoms with Crippen molar-refractivity contribution < 1.29 is 24.0 Å². The molecule has 0 aliphatic rings. The molecule has 0 aliphatic carbocycles. The maximum Gasteiger partial charge on any atom is 0.216 e. The first-order valence-corrected chi connectivity index (χ1v) is 9.41. The molecule has 3 rings (SSSR count). The van der Waals surface area contributed by atoms with Gasteiger partial charge in [0, 0.05) is 16.7 Å². The number of hydrogen-bond acceptors (Lipinski definition) is 3. The molecule has 1 atom stereocenters. The zero-order chi connectivity index (χ0) is 20.8. The summed E-state index contributed by atoms with van der Waals surface area (Å²) >= 11 is 6.12. The van der Waals surface area contributed by atoms with Crippen LogP contribution in [0.5, 0.6) is 0 Å². The molecule has 0 aromatic heterocycles. The van der Waals surface area contributed by atoms with Crippen molar-refractivity contribution in [1.82, 2.24) is 0 Å². The largest absolute Gasteiger partial charge is 0.393 e. The number of halogens is 2. The number of ketones is 1. The molecule has 0 bridgehead atoms. The third kappa shape index (κ3) is 5.15. The fraction of sp³-hybridized carbons (Fsp3) is 0.130. The first kappa shape index (κ1) is 20.9. The summed E-state index contributed by atoms with van der Waals surface area (Å²) in [6.45, 7) is -0.409.